The van der Waals surface area contributed by atoms with Gasteiger partial charge in [-0.25, -0.2) is 13.8 Å². The number of para-hydroxylation sites is 1. The van der Waals surface area contributed by atoms with Gasteiger partial charge in [0.25, 0.3) is 11.8 Å². The number of halogens is 2. The van der Waals surface area contributed by atoms with Crippen LogP contribution in [0.15, 0.2) is 102 Å². The number of amides is 2. The molecule has 0 saturated carbocycles. The van der Waals surface area contributed by atoms with E-state index in [1.165, 1.54) is 22.7 Å². The largest absolute Gasteiger partial charge is 0.484 e. The molecule has 42 heavy (non-hydrogen) atoms. The number of sulfonamides is 1. The third-order valence-corrected chi connectivity index (χ3v) is 7.71. The molecule has 0 aromatic heterocycles. The molecule has 0 aliphatic rings. The van der Waals surface area contributed by atoms with Crippen LogP contribution in [0.2, 0.25) is 10.0 Å². The van der Waals surface area contributed by atoms with Crippen LogP contribution in [0.25, 0.3) is 0 Å². The molecule has 0 aliphatic heterocycles. The molecule has 12 heteroatoms. The van der Waals surface area contributed by atoms with Crippen LogP contribution in [0.3, 0.4) is 0 Å². The molecule has 9 nitrogen and oxygen atoms in total. The smallest absolute Gasteiger partial charge is 0.271 e. The number of carbonyl (C=O) groups excluding carboxylic acids is 2. The molecule has 2 N–H and O–H groups in total. The number of ether oxygens (including phenoxy) is 1. The average molecular weight is 626 g/mol. The summed E-state index contributed by atoms with van der Waals surface area (Å²) in [6, 6.07) is 26.8. The number of rotatable bonds is 11. The molecule has 4 aromatic rings. The molecule has 2 amide bonds. The first kappa shape index (κ1) is 30.6. The van der Waals surface area contributed by atoms with Gasteiger partial charge in [-0.1, -0.05) is 53.5 Å². The Hall–Kier alpha value is -4.38. The van der Waals surface area contributed by atoms with Crippen LogP contribution in [-0.2, 0) is 21.4 Å². The summed E-state index contributed by atoms with van der Waals surface area (Å²) in [5, 5.41) is 7.55. The minimum absolute atomic E-state index is 0.0495. The molecule has 0 radical (unpaired) electrons. The molecular weight excluding hydrogens is 599 g/mol. The van der Waals surface area contributed by atoms with Crippen molar-refractivity contribution in [1.29, 1.82) is 0 Å². The molecule has 216 valence electrons. The number of nitrogens with one attached hydrogen (secondary N) is 2. The highest BCUT2D eigenvalue weighted by Crippen LogP contribution is 2.25. The van der Waals surface area contributed by atoms with Crippen LogP contribution >= 0.6 is 23.2 Å². The highest BCUT2D eigenvalue weighted by atomic mass is 35.5. The third-order valence-electron chi connectivity index (χ3n) is 5.87. The van der Waals surface area contributed by atoms with Crippen LogP contribution in [0.4, 0.5) is 11.4 Å². The van der Waals surface area contributed by atoms with Gasteiger partial charge in [-0.05, 0) is 77.9 Å². The first-order chi connectivity index (χ1) is 20.1. The SMILES string of the molecule is CS(=O)(=O)N(Cc1ccccc1Cl)c1ccc(C(=O)N/N=C/c2ccc(OCC(=O)Nc3ccccc3Cl)cc2)cc1. The van der Waals surface area contributed by atoms with E-state index in [0.717, 1.165) is 6.26 Å². The highest BCUT2D eigenvalue weighted by Gasteiger charge is 2.19. The second kappa shape index (κ2) is 14.0. The van der Waals surface area contributed by atoms with Crippen molar-refractivity contribution >= 4 is 62.6 Å². The highest BCUT2D eigenvalue weighted by molar-refractivity contribution is 7.92. The van der Waals surface area contributed by atoms with Crippen molar-refractivity contribution < 1.29 is 22.7 Å². The van der Waals surface area contributed by atoms with Gasteiger partial charge in [-0.15, -0.1) is 0 Å². The maximum absolute atomic E-state index is 12.6. The van der Waals surface area contributed by atoms with Gasteiger partial charge in [0.1, 0.15) is 5.75 Å². The minimum atomic E-state index is -3.62. The Morgan fingerprint density at radius 2 is 1.52 bits per heavy atom. The Balaban J connectivity index is 1.30. The summed E-state index contributed by atoms with van der Waals surface area (Å²) in [4.78, 5) is 24.7. The average Bonchev–Trinajstić information content (AvgIpc) is 2.97. The Morgan fingerprint density at radius 3 is 2.17 bits per heavy atom. The van der Waals surface area contributed by atoms with Crippen LogP contribution in [-0.4, -0.2) is 39.3 Å². The normalized spacial score (nSPS) is 11.2. The van der Waals surface area contributed by atoms with Gasteiger partial charge < -0.3 is 10.1 Å². The summed E-state index contributed by atoms with van der Waals surface area (Å²) in [5.41, 5.74) is 4.96. The number of benzene rings is 4. The first-order valence-corrected chi connectivity index (χ1v) is 15.1. The lowest BCUT2D eigenvalue weighted by Gasteiger charge is -2.23. The molecule has 0 unspecified atom stereocenters. The standard InChI is InChI=1S/C30H26Cl2N4O5S/c1-42(39,40)36(19-23-6-2-3-7-26(23)31)24-14-12-22(13-15-24)30(38)35-33-18-21-10-16-25(17-11-21)41-20-29(37)34-28-9-5-4-8-27(28)32/h2-18H,19-20H2,1H3,(H,34,37)(H,35,38)/b33-18+. The second-order valence-corrected chi connectivity index (χ2v) is 11.7. The summed E-state index contributed by atoms with van der Waals surface area (Å²) in [6.07, 6.45) is 2.56. The van der Waals surface area contributed by atoms with Gasteiger partial charge >= 0.3 is 0 Å². The van der Waals surface area contributed by atoms with Crippen molar-refractivity contribution in [3.63, 3.8) is 0 Å². The molecule has 0 fully saturated rings. The summed E-state index contributed by atoms with van der Waals surface area (Å²) >= 11 is 12.3. The summed E-state index contributed by atoms with van der Waals surface area (Å²) in [5.74, 6) is -0.350. The van der Waals surface area contributed by atoms with Gasteiger partial charge in [0.05, 0.1) is 35.4 Å². The van der Waals surface area contributed by atoms with Gasteiger partial charge in [0.2, 0.25) is 10.0 Å². The third kappa shape index (κ3) is 8.56. The van der Waals surface area contributed by atoms with E-state index in [4.69, 9.17) is 27.9 Å². The van der Waals surface area contributed by atoms with E-state index in [1.54, 1.807) is 84.9 Å². The van der Waals surface area contributed by atoms with E-state index in [-0.39, 0.29) is 19.1 Å². The predicted molar refractivity (Wildman–Crippen MR) is 166 cm³/mol. The van der Waals surface area contributed by atoms with E-state index in [9.17, 15) is 18.0 Å². The molecule has 0 saturated heterocycles. The maximum atomic E-state index is 12.6. The summed E-state index contributed by atoms with van der Waals surface area (Å²) in [6.45, 7) is -0.149. The molecule has 0 spiro atoms. The lowest BCUT2D eigenvalue weighted by Crippen LogP contribution is -2.29. The van der Waals surface area contributed by atoms with Crippen LogP contribution in [0.1, 0.15) is 21.5 Å². The van der Waals surface area contributed by atoms with Crippen molar-refractivity contribution in [2.24, 2.45) is 5.10 Å². The molecule has 0 atom stereocenters. The van der Waals surface area contributed by atoms with E-state index in [0.29, 0.717) is 43.9 Å². The van der Waals surface area contributed by atoms with E-state index in [1.807, 2.05) is 0 Å². The molecule has 0 aliphatic carbocycles. The van der Waals surface area contributed by atoms with Crippen LogP contribution in [0.5, 0.6) is 5.75 Å². The van der Waals surface area contributed by atoms with Crippen molar-refractivity contribution in [2.45, 2.75) is 6.54 Å². The quantitative estimate of drug-likeness (QED) is 0.163. The molecule has 4 aromatic carbocycles. The van der Waals surface area contributed by atoms with Crippen molar-refractivity contribution in [1.82, 2.24) is 5.43 Å². The van der Waals surface area contributed by atoms with Crippen molar-refractivity contribution in [3.05, 3.63) is 124 Å². The number of hydrogen-bond acceptors (Lipinski definition) is 6. The van der Waals surface area contributed by atoms with Crippen molar-refractivity contribution in [2.75, 3.05) is 22.5 Å². The summed E-state index contributed by atoms with van der Waals surface area (Å²) < 4.78 is 31.6. The Bertz CT molecular complexity index is 1700. The number of carbonyl (C=O) groups is 2. The number of anilines is 2. The molecule has 0 heterocycles. The Labute approximate surface area is 253 Å². The zero-order chi connectivity index (χ0) is 30.1. The van der Waals surface area contributed by atoms with Crippen LogP contribution < -0.4 is 19.8 Å². The lowest BCUT2D eigenvalue weighted by atomic mass is 10.2. The fourth-order valence-electron chi connectivity index (χ4n) is 3.74. The number of nitrogens with zero attached hydrogens (tertiary/aromatic N) is 2. The zero-order valence-electron chi connectivity index (χ0n) is 22.3. The fourth-order valence-corrected chi connectivity index (χ4v) is 5.00. The fraction of sp³-hybridized carbons (Fsp3) is 0.100. The first-order valence-electron chi connectivity index (χ1n) is 12.5. The van der Waals surface area contributed by atoms with Gasteiger partial charge in [-0.3, -0.25) is 13.9 Å². The Kier molecular flexibility index (Phi) is 10.2. The topological polar surface area (TPSA) is 117 Å². The van der Waals surface area contributed by atoms with E-state index >= 15 is 0 Å². The minimum Gasteiger partial charge on any atom is -0.484 e. The monoisotopic (exact) mass is 624 g/mol. The van der Waals surface area contributed by atoms with Gasteiger partial charge in [-0.2, -0.15) is 5.10 Å². The number of hydrazone groups is 1. The maximum Gasteiger partial charge on any atom is 0.271 e. The predicted octanol–water partition coefficient (Wildman–Crippen LogP) is 5.74. The Morgan fingerprint density at radius 1 is 0.881 bits per heavy atom. The number of hydrogen-bond donors (Lipinski definition) is 2. The van der Waals surface area contributed by atoms with E-state index in [2.05, 4.69) is 15.8 Å². The van der Waals surface area contributed by atoms with Gasteiger partial charge in [0.15, 0.2) is 6.61 Å². The molecular formula is C30H26Cl2N4O5S. The van der Waals surface area contributed by atoms with Crippen LogP contribution in [0, 0.1) is 0 Å². The molecule has 0 bridgehead atoms. The molecule has 4 rings (SSSR count). The summed E-state index contributed by atoms with van der Waals surface area (Å²) in [7, 11) is -3.62. The van der Waals surface area contributed by atoms with Gasteiger partial charge in [0, 0.05) is 10.6 Å². The van der Waals surface area contributed by atoms with Crippen molar-refractivity contribution in [3.8, 4) is 5.75 Å². The second-order valence-electron chi connectivity index (χ2n) is 8.99. The zero-order valence-corrected chi connectivity index (χ0v) is 24.7. The lowest BCUT2D eigenvalue weighted by molar-refractivity contribution is -0.118. The van der Waals surface area contributed by atoms with E-state index < -0.39 is 15.9 Å².